The quantitative estimate of drug-likeness (QED) is 0.835. The van der Waals surface area contributed by atoms with Crippen molar-refractivity contribution in [2.75, 3.05) is 6.54 Å². The lowest BCUT2D eigenvalue weighted by atomic mass is 10.3. The highest BCUT2D eigenvalue weighted by molar-refractivity contribution is 7.84. The van der Waals surface area contributed by atoms with E-state index < -0.39 is 10.8 Å². The van der Waals surface area contributed by atoms with E-state index in [9.17, 15) is 4.21 Å². The molecule has 14 heavy (non-hydrogen) atoms. The molecule has 1 heterocycles. The Bertz CT molecular complexity index is 312. The first-order chi connectivity index (χ1) is 6.63. The van der Waals surface area contributed by atoms with Crippen molar-refractivity contribution < 1.29 is 4.21 Å². The second-order valence-corrected chi connectivity index (χ2v) is 6.09. The molecule has 0 fully saturated rings. The Balaban J connectivity index is 2.48. The Morgan fingerprint density at radius 3 is 2.93 bits per heavy atom. The van der Waals surface area contributed by atoms with Gasteiger partial charge in [0.15, 0.2) is 0 Å². The van der Waals surface area contributed by atoms with Crippen LogP contribution in [0.4, 0.5) is 0 Å². The normalized spacial score (nSPS) is 15.4. The number of thiazole rings is 1. The summed E-state index contributed by atoms with van der Waals surface area (Å²) in [6.07, 6.45) is 0.816. The molecule has 0 spiro atoms. The molecule has 5 heteroatoms. The number of nitrogens with zero attached hydrogens (tertiary/aromatic N) is 1. The van der Waals surface area contributed by atoms with Gasteiger partial charge >= 0.3 is 0 Å². The molecule has 0 aliphatic carbocycles. The van der Waals surface area contributed by atoms with E-state index >= 15 is 0 Å². The molecule has 0 saturated heterocycles. The fraction of sp³-hybridized carbons (Fsp3) is 0.667. The van der Waals surface area contributed by atoms with Crippen molar-refractivity contribution in [2.24, 2.45) is 5.73 Å². The third-order valence-corrected chi connectivity index (χ3v) is 4.79. The van der Waals surface area contributed by atoms with Gasteiger partial charge in [-0.25, -0.2) is 4.98 Å². The van der Waals surface area contributed by atoms with E-state index in [1.54, 1.807) is 11.3 Å². The van der Waals surface area contributed by atoms with Gasteiger partial charge in [-0.3, -0.25) is 4.21 Å². The van der Waals surface area contributed by atoms with Crippen molar-refractivity contribution in [3.05, 3.63) is 16.1 Å². The van der Waals surface area contributed by atoms with Crippen molar-refractivity contribution in [1.82, 2.24) is 4.98 Å². The second-order valence-electron chi connectivity index (χ2n) is 3.30. The van der Waals surface area contributed by atoms with Crippen LogP contribution in [0.15, 0.2) is 5.38 Å². The van der Waals surface area contributed by atoms with Gasteiger partial charge in [0.1, 0.15) is 5.01 Å². The number of aromatic nitrogens is 1. The largest absolute Gasteiger partial charge is 0.330 e. The summed E-state index contributed by atoms with van der Waals surface area (Å²) in [7, 11) is -0.834. The summed E-state index contributed by atoms with van der Waals surface area (Å²) in [5.41, 5.74) is 6.43. The first kappa shape index (κ1) is 11.8. The molecule has 1 rings (SSSR count). The number of aryl methyl sites for hydroxylation is 1. The molecule has 1 aromatic rings. The van der Waals surface area contributed by atoms with Gasteiger partial charge < -0.3 is 5.73 Å². The second kappa shape index (κ2) is 5.58. The molecule has 2 N–H and O–H groups in total. The number of rotatable bonds is 5. The molecule has 0 amide bonds. The van der Waals surface area contributed by atoms with Crippen LogP contribution in [0.25, 0.3) is 0 Å². The molecule has 1 aromatic heterocycles. The monoisotopic (exact) mass is 232 g/mol. The van der Waals surface area contributed by atoms with Crippen LogP contribution in [0.3, 0.4) is 0 Å². The van der Waals surface area contributed by atoms with Crippen LogP contribution in [-0.2, 0) is 16.6 Å². The van der Waals surface area contributed by atoms with Gasteiger partial charge in [-0.1, -0.05) is 6.92 Å². The topological polar surface area (TPSA) is 56.0 Å². The van der Waals surface area contributed by atoms with Crippen LogP contribution in [0.1, 0.15) is 24.0 Å². The van der Waals surface area contributed by atoms with E-state index in [1.807, 2.05) is 19.2 Å². The summed E-state index contributed by atoms with van der Waals surface area (Å²) in [6, 6.07) is 0. The van der Waals surface area contributed by atoms with Gasteiger partial charge in [-0.2, -0.15) is 0 Å². The van der Waals surface area contributed by atoms with Crippen molar-refractivity contribution in [2.45, 2.75) is 31.3 Å². The van der Waals surface area contributed by atoms with Gasteiger partial charge in [0.2, 0.25) is 0 Å². The zero-order valence-electron chi connectivity index (χ0n) is 8.53. The third kappa shape index (κ3) is 3.48. The Labute approximate surface area is 91.2 Å². The zero-order chi connectivity index (χ0) is 10.6. The van der Waals surface area contributed by atoms with Gasteiger partial charge in [0.25, 0.3) is 0 Å². The smallest absolute Gasteiger partial charge is 0.105 e. The SMILES string of the molecule is Cc1csc(CS(=O)C(C)CCN)n1. The molecule has 2 unspecified atom stereocenters. The Morgan fingerprint density at radius 2 is 2.43 bits per heavy atom. The van der Waals surface area contributed by atoms with Gasteiger partial charge in [-0.05, 0) is 19.9 Å². The lowest BCUT2D eigenvalue weighted by molar-refractivity contribution is 0.665. The van der Waals surface area contributed by atoms with E-state index in [-0.39, 0.29) is 5.25 Å². The van der Waals surface area contributed by atoms with E-state index in [4.69, 9.17) is 5.73 Å². The van der Waals surface area contributed by atoms with E-state index in [0.29, 0.717) is 12.3 Å². The fourth-order valence-corrected chi connectivity index (χ4v) is 3.27. The number of hydrogen-bond acceptors (Lipinski definition) is 4. The first-order valence-corrected chi connectivity index (χ1v) is 6.88. The maximum atomic E-state index is 11.7. The molecule has 0 saturated carbocycles. The van der Waals surface area contributed by atoms with E-state index in [1.165, 1.54) is 0 Å². The van der Waals surface area contributed by atoms with E-state index in [2.05, 4.69) is 4.98 Å². The fourth-order valence-electron chi connectivity index (χ4n) is 1.10. The molecule has 0 bridgehead atoms. The molecule has 0 aliphatic heterocycles. The molecular weight excluding hydrogens is 216 g/mol. The van der Waals surface area contributed by atoms with Crippen LogP contribution in [0.5, 0.6) is 0 Å². The summed E-state index contributed by atoms with van der Waals surface area (Å²) in [5.74, 6) is 0.569. The van der Waals surface area contributed by atoms with Crippen LogP contribution in [-0.4, -0.2) is 21.0 Å². The summed E-state index contributed by atoms with van der Waals surface area (Å²) in [4.78, 5) is 4.29. The molecule has 0 aliphatic rings. The Hall–Kier alpha value is -0.260. The summed E-state index contributed by atoms with van der Waals surface area (Å²) in [5, 5.41) is 3.12. The summed E-state index contributed by atoms with van der Waals surface area (Å²) < 4.78 is 11.7. The van der Waals surface area contributed by atoms with Crippen LogP contribution >= 0.6 is 11.3 Å². The van der Waals surface area contributed by atoms with Gasteiger partial charge in [-0.15, -0.1) is 11.3 Å². The highest BCUT2D eigenvalue weighted by Gasteiger charge is 2.12. The highest BCUT2D eigenvalue weighted by atomic mass is 32.2. The minimum atomic E-state index is -0.834. The predicted octanol–water partition coefficient (Wildman–Crippen LogP) is 1.44. The summed E-state index contributed by atoms with van der Waals surface area (Å²) in [6.45, 7) is 4.53. The molecule has 0 radical (unpaired) electrons. The maximum Gasteiger partial charge on any atom is 0.105 e. The maximum absolute atomic E-state index is 11.7. The van der Waals surface area contributed by atoms with E-state index in [0.717, 1.165) is 17.1 Å². The average Bonchev–Trinajstić information content (AvgIpc) is 2.51. The molecular formula is C9H16N2OS2. The van der Waals surface area contributed by atoms with Crippen LogP contribution < -0.4 is 5.73 Å². The highest BCUT2D eigenvalue weighted by Crippen LogP contribution is 2.13. The minimum Gasteiger partial charge on any atom is -0.330 e. The first-order valence-electron chi connectivity index (χ1n) is 4.61. The molecule has 0 aromatic carbocycles. The average molecular weight is 232 g/mol. The van der Waals surface area contributed by atoms with Crippen molar-refractivity contribution in [3.63, 3.8) is 0 Å². The Morgan fingerprint density at radius 1 is 1.71 bits per heavy atom. The van der Waals surface area contributed by atoms with Gasteiger partial charge in [0.05, 0.1) is 5.75 Å². The van der Waals surface area contributed by atoms with Gasteiger partial charge in [0, 0.05) is 27.1 Å². The minimum absolute atomic E-state index is 0.171. The third-order valence-electron chi connectivity index (χ3n) is 1.95. The standard InChI is InChI=1S/C9H16N2OS2/c1-7-5-13-9(11-7)6-14(12)8(2)3-4-10/h5,8H,3-4,6,10H2,1-2H3. The summed E-state index contributed by atoms with van der Waals surface area (Å²) >= 11 is 1.58. The van der Waals surface area contributed by atoms with Crippen LogP contribution in [0.2, 0.25) is 0 Å². The number of hydrogen-bond donors (Lipinski definition) is 1. The Kier molecular flexibility index (Phi) is 4.71. The molecule has 80 valence electrons. The molecule has 2 atom stereocenters. The van der Waals surface area contributed by atoms with Crippen molar-refractivity contribution in [3.8, 4) is 0 Å². The van der Waals surface area contributed by atoms with Crippen molar-refractivity contribution >= 4 is 22.1 Å². The van der Waals surface area contributed by atoms with Crippen LogP contribution in [0, 0.1) is 6.92 Å². The lowest BCUT2D eigenvalue weighted by Crippen LogP contribution is -2.17. The number of nitrogens with two attached hydrogens (primary N) is 1. The lowest BCUT2D eigenvalue weighted by Gasteiger charge is -2.07. The molecule has 3 nitrogen and oxygen atoms in total. The zero-order valence-corrected chi connectivity index (χ0v) is 10.2. The predicted molar refractivity (Wildman–Crippen MR) is 61.8 cm³/mol. The van der Waals surface area contributed by atoms with Crippen molar-refractivity contribution in [1.29, 1.82) is 0 Å².